The molecule has 0 radical (unpaired) electrons. The van der Waals surface area contributed by atoms with E-state index in [1.165, 1.54) is 0 Å². The smallest absolute Gasteiger partial charge is 0.222 e. The van der Waals surface area contributed by atoms with Crippen molar-refractivity contribution in [1.82, 2.24) is 9.80 Å². The number of hydrogen-bond donors (Lipinski definition) is 1. The maximum absolute atomic E-state index is 11.5. The lowest BCUT2D eigenvalue weighted by Crippen LogP contribution is -2.48. The highest BCUT2D eigenvalue weighted by Gasteiger charge is 2.19. The van der Waals surface area contributed by atoms with Gasteiger partial charge in [-0.15, -0.1) is 0 Å². The third-order valence-corrected chi connectivity index (χ3v) is 2.72. The average molecular weight is 200 g/mol. The van der Waals surface area contributed by atoms with Crippen LogP contribution >= 0.6 is 0 Å². The lowest BCUT2D eigenvalue weighted by atomic mass is 10.2. The molecule has 0 bridgehead atoms. The summed E-state index contributed by atoms with van der Waals surface area (Å²) in [5.41, 5.74) is 0. The summed E-state index contributed by atoms with van der Waals surface area (Å²) >= 11 is 0. The molecule has 1 N–H and O–H groups in total. The number of aliphatic hydroxyl groups excluding tert-OH is 1. The molecule has 1 amide bonds. The molecule has 4 nitrogen and oxygen atoms in total. The van der Waals surface area contributed by atoms with Gasteiger partial charge < -0.3 is 14.9 Å². The van der Waals surface area contributed by atoms with Gasteiger partial charge in [0.2, 0.25) is 5.91 Å². The Hall–Kier alpha value is -0.610. The monoisotopic (exact) mass is 200 g/mol. The van der Waals surface area contributed by atoms with E-state index in [2.05, 4.69) is 11.8 Å². The molecular formula is C10H20N2O2. The Bertz CT molecular complexity index is 177. The van der Waals surface area contributed by atoms with E-state index in [1.54, 1.807) is 0 Å². The van der Waals surface area contributed by atoms with Gasteiger partial charge in [-0.1, -0.05) is 6.92 Å². The number of nitrogens with zero attached hydrogens (tertiary/aromatic N) is 2. The zero-order chi connectivity index (χ0) is 10.4. The van der Waals surface area contributed by atoms with Gasteiger partial charge in [0, 0.05) is 39.2 Å². The standard InChI is InChI=1S/C10H20N2O2/c1-2-11-5-7-12(8-6-11)10(14)4-3-9-13/h13H,2-9H2,1H3. The molecule has 0 aromatic rings. The molecule has 14 heavy (non-hydrogen) atoms. The minimum atomic E-state index is 0.112. The minimum absolute atomic E-state index is 0.112. The van der Waals surface area contributed by atoms with Crippen LogP contribution in [0, 0.1) is 0 Å². The summed E-state index contributed by atoms with van der Waals surface area (Å²) < 4.78 is 0. The van der Waals surface area contributed by atoms with Gasteiger partial charge in [0.05, 0.1) is 0 Å². The lowest BCUT2D eigenvalue weighted by molar-refractivity contribution is -0.133. The Morgan fingerprint density at radius 2 is 1.93 bits per heavy atom. The second-order valence-corrected chi connectivity index (χ2v) is 3.64. The molecule has 4 heteroatoms. The zero-order valence-corrected chi connectivity index (χ0v) is 8.91. The van der Waals surface area contributed by atoms with Gasteiger partial charge in [0.1, 0.15) is 0 Å². The maximum Gasteiger partial charge on any atom is 0.222 e. The van der Waals surface area contributed by atoms with Crippen LogP contribution in [0.25, 0.3) is 0 Å². The van der Waals surface area contributed by atoms with Crippen LogP contribution < -0.4 is 0 Å². The lowest BCUT2D eigenvalue weighted by Gasteiger charge is -2.34. The summed E-state index contributed by atoms with van der Waals surface area (Å²) in [6, 6.07) is 0. The fraction of sp³-hybridized carbons (Fsp3) is 0.900. The van der Waals surface area contributed by atoms with Gasteiger partial charge in [0.15, 0.2) is 0 Å². The molecule has 1 saturated heterocycles. The Morgan fingerprint density at radius 1 is 1.29 bits per heavy atom. The first-order chi connectivity index (χ1) is 6.77. The maximum atomic E-state index is 11.5. The van der Waals surface area contributed by atoms with Gasteiger partial charge in [-0.25, -0.2) is 0 Å². The van der Waals surface area contributed by atoms with E-state index in [-0.39, 0.29) is 12.5 Å². The summed E-state index contributed by atoms with van der Waals surface area (Å²) in [5, 5.41) is 8.61. The Labute approximate surface area is 85.5 Å². The van der Waals surface area contributed by atoms with Crippen LogP contribution in [-0.2, 0) is 4.79 Å². The van der Waals surface area contributed by atoms with E-state index in [1.807, 2.05) is 4.90 Å². The number of hydrogen-bond acceptors (Lipinski definition) is 3. The van der Waals surface area contributed by atoms with Crippen LogP contribution in [0.3, 0.4) is 0 Å². The van der Waals surface area contributed by atoms with E-state index in [4.69, 9.17) is 5.11 Å². The third-order valence-electron chi connectivity index (χ3n) is 2.72. The van der Waals surface area contributed by atoms with Gasteiger partial charge in [-0.05, 0) is 13.0 Å². The Morgan fingerprint density at radius 3 is 2.43 bits per heavy atom. The first-order valence-electron chi connectivity index (χ1n) is 5.39. The van der Waals surface area contributed by atoms with E-state index in [0.717, 1.165) is 32.7 Å². The van der Waals surface area contributed by atoms with Crippen molar-refractivity contribution in [3.8, 4) is 0 Å². The van der Waals surface area contributed by atoms with Crippen molar-refractivity contribution in [3.05, 3.63) is 0 Å². The second-order valence-electron chi connectivity index (χ2n) is 3.64. The molecule has 1 rings (SSSR count). The number of carbonyl (C=O) groups is 1. The molecule has 0 spiro atoms. The molecule has 82 valence electrons. The van der Waals surface area contributed by atoms with Crippen LogP contribution in [-0.4, -0.2) is 60.1 Å². The number of amides is 1. The molecule has 1 fully saturated rings. The number of carbonyl (C=O) groups excluding carboxylic acids is 1. The minimum Gasteiger partial charge on any atom is -0.396 e. The van der Waals surface area contributed by atoms with Gasteiger partial charge in [-0.2, -0.15) is 0 Å². The molecule has 1 aliphatic heterocycles. The molecule has 0 aromatic carbocycles. The fourth-order valence-electron chi connectivity index (χ4n) is 1.70. The first kappa shape index (κ1) is 11.5. The van der Waals surface area contributed by atoms with Gasteiger partial charge >= 0.3 is 0 Å². The molecule has 0 aromatic heterocycles. The molecule has 0 atom stereocenters. The predicted octanol–water partition coefficient (Wildman–Crippen LogP) is -0.0770. The largest absolute Gasteiger partial charge is 0.396 e. The molecule has 0 saturated carbocycles. The van der Waals surface area contributed by atoms with E-state index < -0.39 is 0 Å². The summed E-state index contributed by atoms with van der Waals surface area (Å²) in [6.07, 6.45) is 1.08. The SMILES string of the molecule is CCN1CCN(C(=O)CCCO)CC1. The summed E-state index contributed by atoms with van der Waals surface area (Å²) in [5.74, 6) is 0.190. The van der Waals surface area contributed by atoms with Crippen LogP contribution in [0.4, 0.5) is 0 Å². The van der Waals surface area contributed by atoms with Gasteiger partial charge in [-0.3, -0.25) is 4.79 Å². The van der Waals surface area contributed by atoms with E-state index in [0.29, 0.717) is 12.8 Å². The van der Waals surface area contributed by atoms with E-state index >= 15 is 0 Å². The highest BCUT2D eigenvalue weighted by molar-refractivity contribution is 5.76. The Balaban J connectivity index is 2.23. The van der Waals surface area contributed by atoms with Crippen LogP contribution in [0.1, 0.15) is 19.8 Å². The topological polar surface area (TPSA) is 43.8 Å². The fourth-order valence-corrected chi connectivity index (χ4v) is 1.70. The summed E-state index contributed by atoms with van der Waals surface area (Å²) in [7, 11) is 0. The predicted molar refractivity (Wildman–Crippen MR) is 55.0 cm³/mol. The van der Waals surface area contributed by atoms with Crippen molar-refractivity contribution in [2.24, 2.45) is 0 Å². The number of aliphatic hydroxyl groups is 1. The highest BCUT2D eigenvalue weighted by atomic mass is 16.3. The Kier molecular flexibility index (Phi) is 4.90. The van der Waals surface area contributed by atoms with Crippen molar-refractivity contribution in [3.63, 3.8) is 0 Å². The number of piperazine rings is 1. The molecule has 0 aliphatic carbocycles. The molecule has 1 aliphatic rings. The normalized spacial score (nSPS) is 18.6. The van der Waals surface area contributed by atoms with E-state index in [9.17, 15) is 4.79 Å². The molecule has 0 unspecified atom stereocenters. The van der Waals surface area contributed by atoms with Crippen molar-refractivity contribution >= 4 is 5.91 Å². The van der Waals surface area contributed by atoms with Crippen LogP contribution in [0.2, 0.25) is 0 Å². The first-order valence-corrected chi connectivity index (χ1v) is 5.39. The highest BCUT2D eigenvalue weighted by Crippen LogP contribution is 2.04. The van der Waals surface area contributed by atoms with Crippen molar-refractivity contribution in [2.75, 3.05) is 39.3 Å². The summed E-state index contributed by atoms with van der Waals surface area (Å²) in [6.45, 7) is 6.99. The van der Waals surface area contributed by atoms with Crippen molar-refractivity contribution < 1.29 is 9.90 Å². The molecule has 1 heterocycles. The average Bonchev–Trinajstić information content (AvgIpc) is 2.26. The second kappa shape index (κ2) is 5.98. The van der Waals surface area contributed by atoms with Crippen molar-refractivity contribution in [1.29, 1.82) is 0 Å². The van der Waals surface area contributed by atoms with Crippen LogP contribution in [0.15, 0.2) is 0 Å². The number of likely N-dealkylation sites (N-methyl/N-ethyl adjacent to an activating group) is 1. The molecular weight excluding hydrogens is 180 g/mol. The summed E-state index contributed by atoms with van der Waals surface area (Å²) in [4.78, 5) is 15.8. The quantitative estimate of drug-likeness (QED) is 0.690. The third kappa shape index (κ3) is 3.27. The zero-order valence-electron chi connectivity index (χ0n) is 8.91. The van der Waals surface area contributed by atoms with Crippen molar-refractivity contribution in [2.45, 2.75) is 19.8 Å². The van der Waals surface area contributed by atoms with Gasteiger partial charge in [0.25, 0.3) is 0 Å². The van der Waals surface area contributed by atoms with Crippen LogP contribution in [0.5, 0.6) is 0 Å². The number of rotatable bonds is 4.